The predicted molar refractivity (Wildman–Crippen MR) is 66.2 cm³/mol. The van der Waals surface area contributed by atoms with Crippen molar-refractivity contribution in [2.24, 2.45) is 0 Å². The lowest BCUT2D eigenvalue weighted by Crippen LogP contribution is -1.98. The number of benzene rings is 1. The van der Waals surface area contributed by atoms with Crippen LogP contribution in [0.15, 0.2) is 30.3 Å². The highest BCUT2D eigenvalue weighted by molar-refractivity contribution is 7.09. The first-order valence-corrected chi connectivity index (χ1v) is 6.29. The van der Waals surface area contributed by atoms with Gasteiger partial charge in [0.15, 0.2) is 0 Å². The second-order valence-electron chi connectivity index (χ2n) is 3.14. The van der Waals surface area contributed by atoms with Crippen LogP contribution >= 0.6 is 23.1 Å². The van der Waals surface area contributed by atoms with Gasteiger partial charge in [-0.3, -0.25) is 0 Å². The molecule has 5 heteroatoms. The smallest absolute Gasteiger partial charge is 0.328 e. The first-order valence-electron chi connectivity index (χ1n) is 4.98. The van der Waals surface area contributed by atoms with E-state index in [0.717, 1.165) is 17.0 Å². The molecule has 0 radical (unpaired) electrons. The standard InChI is InChI=1S/C11H11ClN2OS/c12-7-4-8-15-11-13-10(16-14-11)9-5-2-1-3-6-9/h1-3,5-6H,4,7-8H2. The first-order chi connectivity index (χ1) is 7.90. The predicted octanol–water partition coefficient (Wildman–Crippen LogP) is 3.21. The van der Waals surface area contributed by atoms with Crippen LogP contribution in [-0.4, -0.2) is 21.8 Å². The summed E-state index contributed by atoms with van der Waals surface area (Å²) >= 11 is 6.89. The van der Waals surface area contributed by atoms with E-state index in [4.69, 9.17) is 16.3 Å². The highest BCUT2D eigenvalue weighted by Gasteiger charge is 2.06. The molecular formula is C11H11ClN2OS. The second-order valence-corrected chi connectivity index (χ2v) is 4.27. The van der Waals surface area contributed by atoms with Crippen LogP contribution in [0.2, 0.25) is 0 Å². The van der Waals surface area contributed by atoms with Crippen molar-refractivity contribution < 1.29 is 4.74 Å². The molecule has 3 nitrogen and oxygen atoms in total. The maximum Gasteiger partial charge on any atom is 0.328 e. The Kier molecular flexibility index (Phi) is 4.13. The molecule has 0 spiro atoms. The normalized spacial score (nSPS) is 10.3. The van der Waals surface area contributed by atoms with Gasteiger partial charge < -0.3 is 4.74 Å². The van der Waals surface area contributed by atoms with Crippen molar-refractivity contribution in [2.75, 3.05) is 12.5 Å². The molecule has 1 heterocycles. The number of hydrogen-bond acceptors (Lipinski definition) is 4. The van der Waals surface area contributed by atoms with E-state index in [2.05, 4.69) is 9.36 Å². The molecule has 0 aliphatic carbocycles. The molecule has 2 rings (SSSR count). The number of nitrogens with zero attached hydrogens (tertiary/aromatic N) is 2. The first kappa shape index (κ1) is 11.4. The molecule has 84 valence electrons. The van der Waals surface area contributed by atoms with Crippen molar-refractivity contribution >= 4 is 23.1 Å². The SMILES string of the molecule is ClCCCOc1nsc(-c2ccccc2)n1. The van der Waals surface area contributed by atoms with Gasteiger partial charge in [0.1, 0.15) is 5.01 Å². The third-order valence-electron chi connectivity index (χ3n) is 1.94. The minimum absolute atomic E-state index is 0.439. The quantitative estimate of drug-likeness (QED) is 0.607. The minimum atomic E-state index is 0.439. The van der Waals surface area contributed by atoms with Gasteiger partial charge in [0.25, 0.3) is 0 Å². The average molecular weight is 255 g/mol. The van der Waals surface area contributed by atoms with Crippen LogP contribution in [0, 0.1) is 0 Å². The van der Waals surface area contributed by atoms with Gasteiger partial charge in [-0.1, -0.05) is 30.3 Å². The van der Waals surface area contributed by atoms with Crippen LogP contribution in [0.4, 0.5) is 0 Å². The fourth-order valence-electron chi connectivity index (χ4n) is 1.18. The van der Waals surface area contributed by atoms with Gasteiger partial charge in [-0.2, -0.15) is 4.98 Å². The highest BCUT2D eigenvalue weighted by Crippen LogP contribution is 2.23. The lowest BCUT2D eigenvalue weighted by Gasteiger charge is -1.97. The summed E-state index contributed by atoms with van der Waals surface area (Å²) in [5.41, 5.74) is 1.06. The Balaban J connectivity index is 2.02. The van der Waals surface area contributed by atoms with Crippen molar-refractivity contribution in [3.8, 4) is 16.6 Å². The number of rotatable bonds is 5. The Bertz CT molecular complexity index is 433. The van der Waals surface area contributed by atoms with Crippen molar-refractivity contribution in [3.63, 3.8) is 0 Å². The van der Waals surface area contributed by atoms with Gasteiger partial charge in [-0.15, -0.1) is 16.0 Å². The summed E-state index contributed by atoms with van der Waals surface area (Å²) in [6, 6.07) is 10.4. The Morgan fingerprint density at radius 1 is 1.25 bits per heavy atom. The summed E-state index contributed by atoms with van der Waals surface area (Å²) in [5.74, 6) is 0.593. The van der Waals surface area contributed by atoms with E-state index in [9.17, 15) is 0 Å². The van der Waals surface area contributed by atoms with Gasteiger partial charge in [0, 0.05) is 11.4 Å². The second kappa shape index (κ2) is 5.82. The maximum absolute atomic E-state index is 5.55. The molecule has 0 unspecified atom stereocenters. The number of halogens is 1. The Labute approximate surface area is 103 Å². The van der Waals surface area contributed by atoms with E-state index in [-0.39, 0.29) is 0 Å². The van der Waals surface area contributed by atoms with E-state index in [0.29, 0.717) is 18.5 Å². The summed E-state index contributed by atoms with van der Waals surface area (Å²) < 4.78 is 9.48. The van der Waals surface area contributed by atoms with Crippen molar-refractivity contribution in [2.45, 2.75) is 6.42 Å². The van der Waals surface area contributed by atoms with Crippen molar-refractivity contribution in [3.05, 3.63) is 30.3 Å². The minimum Gasteiger partial charge on any atom is -0.463 e. The van der Waals surface area contributed by atoms with E-state index < -0.39 is 0 Å². The van der Waals surface area contributed by atoms with Crippen molar-refractivity contribution in [1.29, 1.82) is 0 Å². The molecule has 1 aromatic heterocycles. The summed E-state index contributed by atoms with van der Waals surface area (Å²) in [6.45, 7) is 0.564. The zero-order valence-electron chi connectivity index (χ0n) is 8.60. The van der Waals surface area contributed by atoms with Crippen LogP contribution in [-0.2, 0) is 0 Å². The fraction of sp³-hybridized carbons (Fsp3) is 0.273. The van der Waals surface area contributed by atoms with Crippen molar-refractivity contribution in [1.82, 2.24) is 9.36 Å². The molecule has 0 fully saturated rings. The monoisotopic (exact) mass is 254 g/mol. The molecule has 0 aliphatic heterocycles. The van der Waals surface area contributed by atoms with Gasteiger partial charge in [0.2, 0.25) is 0 Å². The summed E-state index contributed by atoms with van der Waals surface area (Å²) in [6.07, 6.45) is 0.807. The summed E-state index contributed by atoms with van der Waals surface area (Å²) in [4.78, 5) is 4.29. The molecule has 0 saturated carbocycles. The maximum atomic E-state index is 5.55. The van der Waals surface area contributed by atoms with Crippen LogP contribution < -0.4 is 4.74 Å². The van der Waals surface area contributed by atoms with Gasteiger partial charge in [-0.05, 0) is 18.0 Å². The van der Waals surface area contributed by atoms with E-state index in [1.165, 1.54) is 11.5 Å². The lowest BCUT2D eigenvalue weighted by molar-refractivity contribution is 0.297. The molecular weight excluding hydrogens is 244 g/mol. The molecule has 0 atom stereocenters. The number of alkyl halides is 1. The fourth-order valence-corrected chi connectivity index (χ4v) is 1.91. The molecule has 2 aromatic rings. The molecule has 0 saturated heterocycles. The zero-order chi connectivity index (χ0) is 11.2. The van der Waals surface area contributed by atoms with E-state index >= 15 is 0 Å². The third kappa shape index (κ3) is 2.93. The van der Waals surface area contributed by atoms with Crippen LogP contribution in [0.25, 0.3) is 10.6 Å². The Morgan fingerprint density at radius 2 is 2.06 bits per heavy atom. The lowest BCUT2D eigenvalue weighted by atomic mass is 10.2. The third-order valence-corrected chi connectivity index (χ3v) is 2.95. The molecule has 0 amide bonds. The average Bonchev–Trinajstić information content (AvgIpc) is 2.79. The zero-order valence-corrected chi connectivity index (χ0v) is 10.2. The highest BCUT2D eigenvalue weighted by atomic mass is 35.5. The molecule has 0 aliphatic rings. The number of ether oxygens (including phenoxy) is 1. The van der Waals surface area contributed by atoms with Crippen LogP contribution in [0.1, 0.15) is 6.42 Å². The van der Waals surface area contributed by atoms with Gasteiger partial charge >= 0.3 is 6.01 Å². The largest absolute Gasteiger partial charge is 0.463 e. The molecule has 16 heavy (non-hydrogen) atoms. The number of hydrogen-bond donors (Lipinski definition) is 0. The molecule has 1 aromatic carbocycles. The summed E-state index contributed by atoms with van der Waals surface area (Å²) in [7, 11) is 0. The van der Waals surface area contributed by atoms with Crippen LogP contribution in [0.3, 0.4) is 0 Å². The summed E-state index contributed by atoms with van der Waals surface area (Å²) in [5, 5.41) is 0.876. The van der Waals surface area contributed by atoms with Gasteiger partial charge in [-0.25, -0.2) is 0 Å². The molecule has 0 N–H and O–H groups in total. The Morgan fingerprint density at radius 3 is 2.81 bits per heavy atom. The van der Waals surface area contributed by atoms with Crippen LogP contribution in [0.5, 0.6) is 6.01 Å². The van der Waals surface area contributed by atoms with Gasteiger partial charge in [0.05, 0.1) is 6.61 Å². The van der Waals surface area contributed by atoms with E-state index in [1.807, 2.05) is 30.3 Å². The Hall–Kier alpha value is -1.13. The number of aromatic nitrogens is 2. The molecule has 0 bridgehead atoms. The van der Waals surface area contributed by atoms with E-state index in [1.54, 1.807) is 0 Å². The topological polar surface area (TPSA) is 35.0 Å².